The van der Waals surface area contributed by atoms with Crippen LogP contribution in [0.3, 0.4) is 0 Å². The van der Waals surface area contributed by atoms with E-state index in [4.69, 9.17) is 11.6 Å². The largest absolute Gasteiger partial charge is 0.461 e. The van der Waals surface area contributed by atoms with Crippen LogP contribution in [0.1, 0.15) is 20.3 Å². The topological polar surface area (TPSA) is 52.6 Å². The van der Waals surface area contributed by atoms with E-state index in [0.29, 0.717) is 5.57 Å². The highest BCUT2D eigenvalue weighted by atomic mass is 35.5. The Morgan fingerprint density at radius 2 is 1.93 bits per heavy atom. The lowest BCUT2D eigenvalue weighted by Crippen LogP contribution is -2.12. The average molecular weight is 221 g/mol. The third kappa shape index (κ3) is 7.61. The summed E-state index contributed by atoms with van der Waals surface area (Å²) in [6, 6.07) is 0. The van der Waals surface area contributed by atoms with Crippen LogP contribution in [0.25, 0.3) is 0 Å². The highest BCUT2D eigenvalue weighted by Gasteiger charge is 2.10. The molecule has 0 radical (unpaired) electrons. The van der Waals surface area contributed by atoms with Crippen molar-refractivity contribution in [2.75, 3.05) is 6.61 Å². The number of halogens is 1. The number of carbonyl (C=O) groups excluding carboxylic acids is 2. The van der Waals surface area contributed by atoms with E-state index in [2.05, 4.69) is 16.1 Å². The maximum Gasteiger partial charge on any atom is 0.304 e. The highest BCUT2D eigenvalue weighted by molar-refractivity contribution is 6.20. The summed E-state index contributed by atoms with van der Waals surface area (Å²) < 4.78 is 9.32. The fourth-order valence-corrected chi connectivity index (χ4v) is 1.06. The molecule has 1 atom stereocenters. The van der Waals surface area contributed by atoms with Crippen LogP contribution in [0.4, 0.5) is 0 Å². The van der Waals surface area contributed by atoms with E-state index >= 15 is 0 Å². The molecule has 5 heteroatoms. The van der Waals surface area contributed by atoms with Crippen molar-refractivity contribution >= 4 is 23.5 Å². The molecular formula is C9H13ClO4. The first-order valence-electron chi connectivity index (χ1n) is 4.03. The zero-order chi connectivity index (χ0) is 11.1. The van der Waals surface area contributed by atoms with Crippen molar-refractivity contribution in [3.63, 3.8) is 0 Å². The fraction of sp³-hybridized carbons (Fsp3) is 0.556. The van der Waals surface area contributed by atoms with Crippen LogP contribution in [0.5, 0.6) is 0 Å². The Morgan fingerprint density at radius 3 is 2.36 bits per heavy atom. The van der Waals surface area contributed by atoms with Gasteiger partial charge in [0.05, 0.1) is 0 Å². The molecule has 0 aliphatic rings. The molecule has 0 aliphatic carbocycles. The summed E-state index contributed by atoms with van der Waals surface area (Å²) in [7, 11) is 0. The Bertz CT molecular complexity index is 237. The second kappa shape index (κ2) is 6.43. The predicted octanol–water partition coefficient (Wildman–Crippen LogP) is 1.62. The first-order chi connectivity index (χ1) is 6.41. The van der Waals surface area contributed by atoms with Crippen molar-refractivity contribution in [3.05, 3.63) is 12.2 Å². The molecule has 0 saturated heterocycles. The molecule has 0 heterocycles. The van der Waals surface area contributed by atoms with Crippen molar-refractivity contribution in [2.45, 2.75) is 25.8 Å². The van der Waals surface area contributed by atoms with E-state index < -0.39 is 11.5 Å². The van der Waals surface area contributed by atoms with Crippen LogP contribution in [0, 0.1) is 0 Å². The average Bonchev–Trinajstić information content (AvgIpc) is 1.98. The van der Waals surface area contributed by atoms with Gasteiger partial charge in [-0.1, -0.05) is 18.2 Å². The molecule has 0 aromatic heterocycles. The molecule has 0 fully saturated rings. The van der Waals surface area contributed by atoms with E-state index in [1.807, 2.05) is 0 Å². The monoisotopic (exact) mass is 220 g/mol. The quantitative estimate of drug-likeness (QED) is 0.401. The molecule has 0 aliphatic heterocycles. The van der Waals surface area contributed by atoms with Gasteiger partial charge in [0, 0.05) is 20.3 Å². The molecule has 0 N–H and O–H groups in total. The molecule has 0 aromatic carbocycles. The van der Waals surface area contributed by atoms with Crippen LogP contribution >= 0.6 is 11.6 Å². The van der Waals surface area contributed by atoms with E-state index in [1.165, 1.54) is 13.8 Å². The van der Waals surface area contributed by atoms with Gasteiger partial charge in [-0.2, -0.15) is 0 Å². The molecular weight excluding hydrogens is 208 g/mol. The molecule has 14 heavy (non-hydrogen) atoms. The normalized spacial score (nSPS) is 11.6. The van der Waals surface area contributed by atoms with Gasteiger partial charge >= 0.3 is 11.9 Å². The van der Waals surface area contributed by atoms with Crippen molar-refractivity contribution in [1.82, 2.24) is 0 Å². The van der Waals surface area contributed by atoms with E-state index in [1.54, 1.807) is 0 Å². The van der Waals surface area contributed by atoms with Gasteiger partial charge in [0.25, 0.3) is 0 Å². The minimum absolute atomic E-state index is 0.0970. The maximum absolute atomic E-state index is 10.5. The van der Waals surface area contributed by atoms with E-state index in [0.717, 1.165) is 0 Å². The standard InChI is InChI=1S/C9H13ClO4/c1-6(5-13-7(2)11)4-9(10)14-8(3)12/h9H,1,4-5H2,2-3H3. The summed E-state index contributed by atoms with van der Waals surface area (Å²) in [5.74, 6) is -0.838. The van der Waals surface area contributed by atoms with Crippen molar-refractivity contribution in [1.29, 1.82) is 0 Å². The van der Waals surface area contributed by atoms with Gasteiger partial charge in [-0.3, -0.25) is 9.59 Å². The summed E-state index contributed by atoms with van der Waals surface area (Å²) >= 11 is 5.64. The van der Waals surface area contributed by atoms with Gasteiger partial charge in [0.1, 0.15) is 6.61 Å². The lowest BCUT2D eigenvalue weighted by Gasteiger charge is -2.11. The minimum atomic E-state index is -0.754. The van der Waals surface area contributed by atoms with Gasteiger partial charge in [-0.15, -0.1) is 0 Å². The Labute approximate surface area is 87.8 Å². The summed E-state index contributed by atoms with van der Waals surface area (Å²) in [5.41, 5.74) is -0.156. The second-order valence-electron chi connectivity index (χ2n) is 2.75. The first-order valence-corrected chi connectivity index (χ1v) is 4.46. The van der Waals surface area contributed by atoms with Crippen LogP contribution in [-0.4, -0.2) is 24.1 Å². The van der Waals surface area contributed by atoms with Crippen molar-refractivity contribution < 1.29 is 19.1 Å². The molecule has 0 saturated carbocycles. The molecule has 0 amide bonds. The number of hydrogen-bond donors (Lipinski definition) is 0. The summed E-state index contributed by atoms with van der Waals surface area (Å²) in [4.78, 5) is 20.9. The zero-order valence-electron chi connectivity index (χ0n) is 8.21. The fourth-order valence-electron chi connectivity index (χ4n) is 0.711. The number of hydrogen-bond acceptors (Lipinski definition) is 4. The smallest absolute Gasteiger partial charge is 0.304 e. The van der Waals surface area contributed by atoms with Gasteiger partial charge < -0.3 is 9.47 Å². The molecule has 0 rings (SSSR count). The van der Waals surface area contributed by atoms with Gasteiger partial charge in [0.15, 0.2) is 5.56 Å². The maximum atomic E-state index is 10.5. The molecule has 80 valence electrons. The van der Waals surface area contributed by atoms with E-state index in [9.17, 15) is 9.59 Å². The highest BCUT2D eigenvalue weighted by Crippen LogP contribution is 2.11. The molecule has 0 aromatic rings. The Kier molecular flexibility index (Phi) is 5.95. The van der Waals surface area contributed by atoms with Crippen LogP contribution < -0.4 is 0 Å². The summed E-state index contributed by atoms with van der Waals surface area (Å²) in [6.45, 7) is 6.29. The van der Waals surface area contributed by atoms with Gasteiger partial charge in [-0.05, 0) is 5.57 Å². The van der Waals surface area contributed by atoms with Crippen molar-refractivity contribution in [2.24, 2.45) is 0 Å². The number of ether oxygens (including phenoxy) is 2. The molecule has 0 bridgehead atoms. The third-order valence-electron chi connectivity index (χ3n) is 1.22. The van der Waals surface area contributed by atoms with Crippen LogP contribution in [0.15, 0.2) is 12.2 Å². The third-order valence-corrected chi connectivity index (χ3v) is 1.47. The minimum Gasteiger partial charge on any atom is -0.461 e. The lowest BCUT2D eigenvalue weighted by atomic mass is 10.2. The lowest BCUT2D eigenvalue weighted by molar-refractivity contribution is -0.143. The second-order valence-corrected chi connectivity index (χ2v) is 3.24. The van der Waals surface area contributed by atoms with Crippen molar-refractivity contribution in [3.8, 4) is 0 Å². The SMILES string of the molecule is C=C(COC(C)=O)CC(Cl)OC(C)=O. The number of alkyl halides is 1. The van der Waals surface area contributed by atoms with Crippen LogP contribution in [-0.2, 0) is 19.1 Å². The van der Waals surface area contributed by atoms with Crippen LogP contribution in [0.2, 0.25) is 0 Å². The summed E-state index contributed by atoms with van der Waals surface area (Å²) in [6.07, 6.45) is 0.272. The molecule has 4 nitrogen and oxygen atoms in total. The molecule has 1 unspecified atom stereocenters. The summed E-state index contributed by atoms with van der Waals surface area (Å²) in [5, 5.41) is 0. The van der Waals surface area contributed by atoms with E-state index in [-0.39, 0.29) is 19.0 Å². The number of rotatable bonds is 5. The molecule has 0 spiro atoms. The number of esters is 2. The van der Waals surface area contributed by atoms with Gasteiger partial charge in [0.2, 0.25) is 0 Å². The Balaban J connectivity index is 3.71. The zero-order valence-corrected chi connectivity index (χ0v) is 8.97. The first kappa shape index (κ1) is 13.0. The number of carbonyl (C=O) groups is 2. The Morgan fingerprint density at radius 1 is 1.36 bits per heavy atom. The Hall–Kier alpha value is -1.03. The predicted molar refractivity (Wildman–Crippen MR) is 51.8 cm³/mol. The van der Waals surface area contributed by atoms with Gasteiger partial charge in [-0.25, -0.2) is 0 Å².